The van der Waals surface area contributed by atoms with E-state index in [1.807, 2.05) is 12.3 Å². The molecule has 0 saturated carbocycles. The number of nitrogens with zero attached hydrogens (tertiary/aromatic N) is 2. The lowest BCUT2D eigenvalue weighted by Gasteiger charge is -2.13. The van der Waals surface area contributed by atoms with E-state index in [4.69, 9.17) is 0 Å². The third-order valence-corrected chi connectivity index (χ3v) is 5.56. The number of aliphatic hydroxyl groups excluding tert-OH is 1. The molecular formula is C18H25F2IN4O2S2. The predicted octanol–water partition coefficient (Wildman–Crippen LogP) is 4.13. The van der Waals surface area contributed by atoms with Crippen molar-refractivity contribution in [2.45, 2.75) is 30.4 Å². The molecule has 162 valence electrons. The second-order valence-electron chi connectivity index (χ2n) is 5.61. The van der Waals surface area contributed by atoms with Gasteiger partial charge >= 0.3 is 6.61 Å². The number of aliphatic imine (C=N–C) groups is 1. The Morgan fingerprint density at radius 2 is 2.07 bits per heavy atom. The van der Waals surface area contributed by atoms with Crippen molar-refractivity contribution in [1.29, 1.82) is 0 Å². The van der Waals surface area contributed by atoms with Crippen LogP contribution in [0, 0.1) is 0 Å². The van der Waals surface area contributed by atoms with Crippen molar-refractivity contribution in [2.75, 3.05) is 25.4 Å². The largest absolute Gasteiger partial charge is 0.435 e. The van der Waals surface area contributed by atoms with Crippen LogP contribution in [0.1, 0.15) is 25.0 Å². The van der Waals surface area contributed by atoms with Gasteiger partial charge in [-0.3, -0.25) is 4.99 Å². The third kappa shape index (κ3) is 10.4. The van der Waals surface area contributed by atoms with Gasteiger partial charge in [0.1, 0.15) is 10.1 Å². The summed E-state index contributed by atoms with van der Waals surface area (Å²) < 4.78 is 29.7. The number of hydrogen-bond acceptors (Lipinski definition) is 6. The maximum absolute atomic E-state index is 12.2. The predicted molar refractivity (Wildman–Crippen MR) is 125 cm³/mol. The number of alkyl halides is 2. The van der Waals surface area contributed by atoms with E-state index in [1.165, 1.54) is 12.1 Å². The quantitative estimate of drug-likeness (QED) is 0.127. The minimum Gasteiger partial charge on any atom is -0.435 e. The summed E-state index contributed by atoms with van der Waals surface area (Å²) in [6, 6.07) is 5.90. The van der Waals surface area contributed by atoms with Gasteiger partial charge in [0.25, 0.3) is 0 Å². The number of guanidine groups is 1. The first kappa shape index (κ1) is 25.9. The van der Waals surface area contributed by atoms with E-state index in [1.54, 1.807) is 41.4 Å². The number of aromatic nitrogens is 1. The molecule has 1 aromatic heterocycles. The molecule has 11 heteroatoms. The fourth-order valence-corrected chi connectivity index (χ4v) is 3.86. The summed E-state index contributed by atoms with van der Waals surface area (Å²) in [6.07, 6.45) is 1.91. The van der Waals surface area contributed by atoms with Crippen molar-refractivity contribution in [2.24, 2.45) is 4.99 Å². The molecule has 0 saturated heterocycles. The molecule has 0 spiro atoms. The second kappa shape index (κ2) is 14.7. The maximum atomic E-state index is 12.2. The summed E-state index contributed by atoms with van der Waals surface area (Å²) in [7, 11) is 0. The van der Waals surface area contributed by atoms with Crippen LogP contribution in [0.2, 0.25) is 0 Å². The standard InChI is InChI=1S/C18H24F2N4O2S2.HI/c1-2-21-17(22-8-3-10-27-18-23-9-11-28-18)24-12-15(25)13-4-6-14(7-5-13)26-16(19)20;/h4-7,9,11,15-16,25H,2-3,8,10,12H2,1H3,(H2,21,22,24);1H. The first-order valence-corrected chi connectivity index (χ1v) is 10.7. The minimum atomic E-state index is -2.87. The number of aliphatic hydroxyl groups is 1. The molecule has 3 N–H and O–H groups in total. The Morgan fingerprint density at radius 3 is 2.69 bits per heavy atom. The number of benzene rings is 1. The highest BCUT2D eigenvalue weighted by atomic mass is 127. The monoisotopic (exact) mass is 558 g/mol. The summed E-state index contributed by atoms with van der Waals surface area (Å²) in [4.78, 5) is 8.61. The number of ether oxygens (including phenoxy) is 1. The van der Waals surface area contributed by atoms with Gasteiger partial charge in [0.15, 0.2) is 5.96 Å². The molecule has 0 aliphatic heterocycles. The van der Waals surface area contributed by atoms with Crippen LogP contribution in [0.4, 0.5) is 8.78 Å². The number of thioether (sulfide) groups is 1. The Morgan fingerprint density at radius 1 is 1.31 bits per heavy atom. The van der Waals surface area contributed by atoms with Gasteiger partial charge in [-0.15, -0.1) is 35.3 Å². The van der Waals surface area contributed by atoms with E-state index in [2.05, 4.69) is 25.3 Å². The van der Waals surface area contributed by atoms with Crippen molar-refractivity contribution in [1.82, 2.24) is 15.6 Å². The van der Waals surface area contributed by atoms with E-state index >= 15 is 0 Å². The lowest BCUT2D eigenvalue weighted by molar-refractivity contribution is -0.0498. The molecule has 0 aliphatic carbocycles. The molecule has 1 heterocycles. The van der Waals surface area contributed by atoms with Crippen molar-refractivity contribution < 1.29 is 18.6 Å². The SMILES string of the molecule is CCNC(=NCC(O)c1ccc(OC(F)F)cc1)NCCCSc1nccs1.I. The second-order valence-corrected chi connectivity index (χ2v) is 7.85. The van der Waals surface area contributed by atoms with Crippen LogP contribution in [-0.2, 0) is 0 Å². The average Bonchev–Trinajstić information content (AvgIpc) is 3.19. The fourth-order valence-electron chi connectivity index (χ4n) is 2.22. The number of halogens is 3. The van der Waals surface area contributed by atoms with Gasteiger partial charge in [-0.2, -0.15) is 8.78 Å². The van der Waals surface area contributed by atoms with E-state index in [0.29, 0.717) is 18.1 Å². The van der Waals surface area contributed by atoms with Crippen LogP contribution >= 0.6 is 47.1 Å². The van der Waals surface area contributed by atoms with E-state index in [9.17, 15) is 13.9 Å². The summed E-state index contributed by atoms with van der Waals surface area (Å²) in [5.74, 6) is 1.63. The lowest BCUT2D eigenvalue weighted by atomic mass is 10.1. The number of nitrogens with one attached hydrogen (secondary N) is 2. The molecule has 0 bridgehead atoms. The number of rotatable bonds is 11. The molecule has 0 fully saturated rings. The molecule has 29 heavy (non-hydrogen) atoms. The molecule has 0 radical (unpaired) electrons. The van der Waals surface area contributed by atoms with Gasteiger partial charge < -0.3 is 20.5 Å². The van der Waals surface area contributed by atoms with Crippen LogP contribution < -0.4 is 15.4 Å². The molecule has 0 aliphatic rings. The molecule has 6 nitrogen and oxygen atoms in total. The molecule has 0 amide bonds. The number of thiazole rings is 1. The normalized spacial score (nSPS) is 12.4. The smallest absolute Gasteiger partial charge is 0.387 e. The van der Waals surface area contributed by atoms with Crippen LogP contribution in [-0.4, -0.2) is 48.0 Å². The summed E-state index contributed by atoms with van der Waals surface area (Å²) in [5.41, 5.74) is 0.584. The molecular weight excluding hydrogens is 533 g/mol. The Bertz CT molecular complexity index is 706. The van der Waals surface area contributed by atoms with Crippen LogP contribution in [0.15, 0.2) is 45.2 Å². The third-order valence-electron chi connectivity index (χ3n) is 3.51. The van der Waals surface area contributed by atoms with E-state index in [-0.39, 0.29) is 36.3 Å². The first-order chi connectivity index (χ1) is 13.6. The number of hydrogen-bond donors (Lipinski definition) is 3. The van der Waals surface area contributed by atoms with Crippen LogP contribution in [0.3, 0.4) is 0 Å². The van der Waals surface area contributed by atoms with Gasteiger partial charge in [-0.1, -0.05) is 23.9 Å². The Kier molecular flexibility index (Phi) is 13.1. The van der Waals surface area contributed by atoms with E-state index < -0.39 is 12.7 Å². The van der Waals surface area contributed by atoms with Crippen molar-refractivity contribution in [3.8, 4) is 5.75 Å². The topological polar surface area (TPSA) is 78.8 Å². The zero-order valence-corrected chi connectivity index (χ0v) is 19.8. The van der Waals surface area contributed by atoms with Crippen molar-refractivity contribution >= 4 is 53.0 Å². The Balaban J connectivity index is 0.00000420. The molecule has 1 aromatic carbocycles. The maximum Gasteiger partial charge on any atom is 0.387 e. The minimum absolute atomic E-state index is 0. The lowest BCUT2D eigenvalue weighted by Crippen LogP contribution is -2.38. The highest BCUT2D eigenvalue weighted by Crippen LogP contribution is 2.21. The summed E-state index contributed by atoms with van der Waals surface area (Å²) >= 11 is 3.35. The van der Waals surface area contributed by atoms with Crippen LogP contribution in [0.25, 0.3) is 0 Å². The molecule has 2 rings (SSSR count). The van der Waals surface area contributed by atoms with Gasteiger partial charge in [0.2, 0.25) is 0 Å². The zero-order chi connectivity index (χ0) is 20.2. The average molecular weight is 558 g/mol. The highest BCUT2D eigenvalue weighted by molar-refractivity contribution is 14.0. The van der Waals surface area contributed by atoms with Crippen molar-refractivity contribution in [3.63, 3.8) is 0 Å². The molecule has 1 unspecified atom stereocenters. The Hall–Kier alpha value is -1.18. The van der Waals surface area contributed by atoms with E-state index in [0.717, 1.165) is 23.1 Å². The highest BCUT2D eigenvalue weighted by Gasteiger charge is 2.09. The Labute approximate surface area is 194 Å². The first-order valence-electron chi connectivity index (χ1n) is 8.85. The fraction of sp³-hybridized carbons (Fsp3) is 0.444. The van der Waals surface area contributed by atoms with Crippen molar-refractivity contribution in [3.05, 3.63) is 41.4 Å². The van der Waals surface area contributed by atoms with Gasteiger partial charge in [-0.05, 0) is 31.0 Å². The zero-order valence-electron chi connectivity index (χ0n) is 15.9. The van der Waals surface area contributed by atoms with Crippen LogP contribution in [0.5, 0.6) is 5.75 Å². The van der Waals surface area contributed by atoms with Gasteiger partial charge in [0.05, 0.1) is 12.6 Å². The summed E-state index contributed by atoms with van der Waals surface area (Å²) in [6.45, 7) is 0.704. The van der Waals surface area contributed by atoms with Gasteiger partial charge in [0, 0.05) is 30.4 Å². The molecule has 1 atom stereocenters. The van der Waals surface area contributed by atoms with Gasteiger partial charge in [-0.25, -0.2) is 4.98 Å². The summed E-state index contributed by atoms with van der Waals surface area (Å²) in [5, 5.41) is 18.6. The molecule has 2 aromatic rings.